The smallest absolute Gasteiger partial charge is 0.330 e. The number of hydrogen-bond donors (Lipinski definition) is 2. The van der Waals surface area contributed by atoms with Gasteiger partial charge in [0.2, 0.25) is 5.91 Å². The van der Waals surface area contributed by atoms with Gasteiger partial charge in [0, 0.05) is 19.3 Å². The van der Waals surface area contributed by atoms with Crippen LogP contribution < -0.4 is 21.9 Å². The Balaban J connectivity index is 1.62. The quantitative estimate of drug-likeness (QED) is 0.308. The summed E-state index contributed by atoms with van der Waals surface area (Å²) in [6.45, 7) is 0.363. The van der Waals surface area contributed by atoms with Crippen molar-refractivity contribution in [1.29, 1.82) is 0 Å². The van der Waals surface area contributed by atoms with E-state index in [9.17, 15) is 14.4 Å². The van der Waals surface area contributed by atoms with Crippen LogP contribution in [0.2, 0.25) is 0 Å². The molecular weight excluding hydrogens is 482 g/mol. The zero-order valence-corrected chi connectivity index (χ0v) is 20.4. The van der Waals surface area contributed by atoms with Crippen LogP contribution in [0.1, 0.15) is 5.56 Å². The Labute approximate surface area is 210 Å². The summed E-state index contributed by atoms with van der Waals surface area (Å²) in [5.74, 6) is -0.553. The minimum Gasteiger partial charge on any atom is -0.383 e. The number of thioether (sulfide) groups is 1. The molecule has 0 radical (unpaired) electrons. The Morgan fingerprint density at radius 2 is 1.81 bits per heavy atom. The van der Waals surface area contributed by atoms with E-state index in [0.717, 1.165) is 11.3 Å². The van der Waals surface area contributed by atoms with Gasteiger partial charge in [0.05, 0.1) is 18.9 Å². The van der Waals surface area contributed by atoms with Gasteiger partial charge in [0.25, 0.3) is 5.56 Å². The average Bonchev–Trinajstić information content (AvgIpc) is 3.37. The van der Waals surface area contributed by atoms with E-state index >= 15 is 0 Å². The van der Waals surface area contributed by atoms with Crippen molar-refractivity contribution in [2.45, 2.75) is 11.7 Å². The number of hydrogen-bond acceptors (Lipinski definition) is 8. The number of nitrogens with two attached hydrogens (primary N) is 1. The normalized spacial score (nSPS) is 10.9. The summed E-state index contributed by atoms with van der Waals surface area (Å²) in [4.78, 5) is 42.3. The average molecular weight is 508 g/mol. The summed E-state index contributed by atoms with van der Waals surface area (Å²) in [6.07, 6.45) is 1.56. The van der Waals surface area contributed by atoms with Crippen molar-refractivity contribution in [3.05, 3.63) is 93.4 Å². The number of ether oxygens (including phenoxy) is 1. The summed E-state index contributed by atoms with van der Waals surface area (Å²) in [5, 5.41) is 8.57. The van der Waals surface area contributed by atoms with Crippen LogP contribution in [0.3, 0.4) is 0 Å². The fourth-order valence-electron chi connectivity index (χ4n) is 3.60. The summed E-state index contributed by atoms with van der Waals surface area (Å²) in [6, 6.07) is 18.7. The minimum atomic E-state index is -0.747. The first-order valence-electron chi connectivity index (χ1n) is 11.0. The predicted octanol–water partition coefficient (Wildman–Crippen LogP) is 1.52. The molecule has 2 heterocycles. The van der Waals surface area contributed by atoms with Crippen LogP contribution in [0.25, 0.3) is 5.69 Å². The highest BCUT2D eigenvalue weighted by Gasteiger charge is 2.25. The molecule has 0 aliphatic carbocycles. The number of rotatable bonds is 10. The fourth-order valence-corrected chi connectivity index (χ4v) is 4.40. The Morgan fingerprint density at radius 1 is 1.11 bits per heavy atom. The molecule has 0 spiro atoms. The number of anilines is 2. The highest BCUT2D eigenvalue weighted by atomic mass is 32.2. The van der Waals surface area contributed by atoms with Gasteiger partial charge in [-0.2, -0.15) is 0 Å². The number of H-pyrrole nitrogens is 1. The maximum Gasteiger partial charge on any atom is 0.330 e. The molecule has 186 valence electrons. The molecule has 0 aliphatic heterocycles. The van der Waals surface area contributed by atoms with Crippen molar-refractivity contribution in [3.8, 4) is 5.69 Å². The van der Waals surface area contributed by atoms with Crippen LogP contribution >= 0.6 is 11.8 Å². The molecule has 0 aliphatic rings. The number of nitrogens with one attached hydrogen (secondary N) is 1. The summed E-state index contributed by atoms with van der Waals surface area (Å²) >= 11 is 1.17. The number of amides is 1. The third-order valence-electron chi connectivity index (χ3n) is 5.36. The highest BCUT2D eigenvalue weighted by Crippen LogP contribution is 2.23. The Morgan fingerprint density at radius 3 is 2.50 bits per heavy atom. The molecule has 12 heteroatoms. The summed E-state index contributed by atoms with van der Waals surface area (Å²) in [7, 11) is 1.49. The van der Waals surface area contributed by atoms with Gasteiger partial charge in [0.15, 0.2) is 10.8 Å². The molecule has 0 atom stereocenters. The van der Waals surface area contributed by atoms with E-state index in [1.807, 2.05) is 60.7 Å². The molecule has 1 amide bonds. The van der Waals surface area contributed by atoms with E-state index in [0.29, 0.717) is 5.16 Å². The predicted molar refractivity (Wildman–Crippen MR) is 138 cm³/mol. The number of methoxy groups -OCH3 is 1. The molecule has 0 saturated carbocycles. The van der Waals surface area contributed by atoms with Crippen molar-refractivity contribution < 1.29 is 9.53 Å². The molecule has 2 aromatic heterocycles. The first-order valence-corrected chi connectivity index (χ1v) is 12.0. The van der Waals surface area contributed by atoms with Gasteiger partial charge in [-0.25, -0.2) is 4.79 Å². The number of nitrogen functional groups attached to an aromatic ring is 1. The van der Waals surface area contributed by atoms with Gasteiger partial charge >= 0.3 is 5.69 Å². The van der Waals surface area contributed by atoms with Crippen LogP contribution in [0.5, 0.6) is 0 Å². The molecule has 0 bridgehead atoms. The second-order valence-corrected chi connectivity index (χ2v) is 8.65. The van der Waals surface area contributed by atoms with Gasteiger partial charge in [-0.1, -0.05) is 60.3 Å². The molecule has 11 nitrogen and oxygen atoms in total. The van der Waals surface area contributed by atoms with Gasteiger partial charge in [0.1, 0.15) is 12.1 Å². The van der Waals surface area contributed by atoms with Crippen LogP contribution in [0.15, 0.2) is 81.7 Å². The molecule has 2 aromatic carbocycles. The van der Waals surface area contributed by atoms with Crippen LogP contribution in [0, 0.1) is 0 Å². The van der Waals surface area contributed by atoms with Crippen molar-refractivity contribution in [1.82, 2.24) is 24.3 Å². The Bertz CT molecular complexity index is 1430. The second kappa shape index (κ2) is 11.5. The van der Waals surface area contributed by atoms with Crippen molar-refractivity contribution in [3.63, 3.8) is 0 Å². The van der Waals surface area contributed by atoms with Gasteiger partial charge in [-0.3, -0.25) is 23.7 Å². The SMILES string of the molecule is COCCN(C(=O)CSc1nncn1-c1ccccc1)c1c(N)n(Cc2ccccc2)c(=O)[nH]c1=O. The third kappa shape index (κ3) is 5.56. The van der Waals surface area contributed by atoms with Crippen molar-refractivity contribution in [2.24, 2.45) is 0 Å². The van der Waals surface area contributed by atoms with E-state index in [1.165, 1.54) is 28.3 Å². The number of nitrogens with zero attached hydrogens (tertiary/aromatic N) is 5. The molecule has 36 heavy (non-hydrogen) atoms. The number of carbonyl (C=O) groups is 1. The molecule has 3 N–H and O–H groups in total. The molecule has 4 rings (SSSR count). The Kier molecular flexibility index (Phi) is 7.98. The molecule has 0 fully saturated rings. The molecular formula is C24H25N7O4S. The number of benzene rings is 2. The highest BCUT2D eigenvalue weighted by molar-refractivity contribution is 7.99. The van der Waals surface area contributed by atoms with Crippen molar-refractivity contribution in [2.75, 3.05) is 36.6 Å². The zero-order valence-electron chi connectivity index (χ0n) is 19.5. The summed E-state index contributed by atoms with van der Waals surface area (Å²) < 4.78 is 8.15. The van der Waals surface area contributed by atoms with E-state index < -0.39 is 17.2 Å². The second-order valence-electron chi connectivity index (χ2n) is 7.71. The first-order chi connectivity index (χ1) is 17.5. The first kappa shape index (κ1) is 24.9. The zero-order chi connectivity index (χ0) is 25.5. The lowest BCUT2D eigenvalue weighted by Crippen LogP contribution is -2.43. The minimum absolute atomic E-state index is 0.0497. The fraction of sp³-hybridized carbons (Fsp3) is 0.208. The van der Waals surface area contributed by atoms with E-state index in [2.05, 4.69) is 15.2 Å². The maximum absolute atomic E-state index is 13.3. The number of aromatic nitrogens is 5. The van der Waals surface area contributed by atoms with Crippen LogP contribution in [-0.4, -0.2) is 56.2 Å². The lowest BCUT2D eigenvalue weighted by molar-refractivity contribution is -0.116. The lowest BCUT2D eigenvalue weighted by Gasteiger charge is -2.24. The van der Waals surface area contributed by atoms with E-state index in [4.69, 9.17) is 10.5 Å². The van der Waals surface area contributed by atoms with Gasteiger partial charge < -0.3 is 15.4 Å². The van der Waals surface area contributed by atoms with Gasteiger partial charge in [-0.05, 0) is 17.7 Å². The van der Waals surface area contributed by atoms with E-state index in [1.54, 1.807) is 10.9 Å². The number of carbonyl (C=O) groups excluding carboxylic acids is 1. The lowest BCUT2D eigenvalue weighted by atomic mass is 10.2. The van der Waals surface area contributed by atoms with Gasteiger partial charge in [-0.15, -0.1) is 10.2 Å². The topological polar surface area (TPSA) is 141 Å². The van der Waals surface area contributed by atoms with Crippen LogP contribution in [-0.2, 0) is 16.1 Å². The molecule has 0 unspecified atom stereocenters. The number of aromatic amines is 1. The molecule has 0 saturated heterocycles. The molecule has 4 aromatic rings. The largest absolute Gasteiger partial charge is 0.383 e. The third-order valence-corrected chi connectivity index (χ3v) is 6.29. The van der Waals surface area contributed by atoms with Crippen LogP contribution in [0.4, 0.5) is 11.5 Å². The maximum atomic E-state index is 13.3. The Hall–Kier alpha value is -4.16. The summed E-state index contributed by atoms with van der Waals surface area (Å²) in [5.41, 5.74) is 6.47. The number of para-hydroxylation sites is 1. The van der Waals surface area contributed by atoms with Crippen molar-refractivity contribution >= 4 is 29.2 Å². The van der Waals surface area contributed by atoms with E-state index in [-0.39, 0.29) is 37.0 Å². The monoisotopic (exact) mass is 507 g/mol. The standard InChI is InChI=1S/C24H25N7O4S/c1-35-13-12-29(19(32)15-36-24-28-26-16-31(24)18-10-6-3-7-11-18)20-21(25)30(23(34)27-22(20)33)14-17-8-4-2-5-9-17/h2-11,16H,12-15,25H2,1H3,(H,27,33,34).